The van der Waals surface area contributed by atoms with Crippen LogP contribution >= 0.6 is 0 Å². The summed E-state index contributed by atoms with van der Waals surface area (Å²) in [6.07, 6.45) is 1.25. The lowest BCUT2D eigenvalue weighted by Crippen LogP contribution is -2.05. The van der Waals surface area contributed by atoms with Crippen LogP contribution < -0.4 is 11.1 Å². The Balaban J connectivity index is 2.89. The van der Waals surface area contributed by atoms with E-state index in [9.17, 15) is 14.9 Å². The number of carbonyl (C=O) groups is 1. The van der Waals surface area contributed by atoms with Crippen molar-refractivity contribution < 1.29 is 14.5 Å². The highest BCUT2D eigenvalue weighted by Crippen LogP contribution is 2.25. The number of carbonyl (C=O) groups excluding carboxylic acids is 1. The number of non-ortho nitro benzene ring substituents is 1. The highest BCUT2D eigenvalue weighted by atomic mass is 16.6. The molecule has 0 atom stereocenters. The molecule has 102 valence electrons. The van der Waals surface area contributed by atoms with Gasteiger partial charge in [-0.15, -0.1) is 0 Å². The van der Waals surface area contributed by atoms with E-state index in [-0.39, 0.29) is 12.3 Å². The fraction of sp³-hybridized carbons (Fsp3) is 0.250. The van der Waals surface area contributed by atoms with E-state index >= 15 is 0 Å². The van der Waals surface area contributed by atoms with Crippen molar-refractivity contribution in [2.75, 3.05) is 17.7 Å². The van der Waals surface area contributed by atoms with Gasteiger partial charge in [0.25, 0.3) is 5.69 Å². The highest BCUT2D eigenvalue weighted by Gasteiger charge is 2.09. The monoisotopic (exact) mass is 265 g/mol. The van der Waals surface area contributed by atoms with Crippen molar-refractivity contribution in [1.29, 1.82) is 0 Å². The zero-order valence-corrected chi connectivity index (χ0v) is 10.7. The topological polar surface area (TPSA) is 107 Å². The summed E-state index contributed by atoms with van der Waals surface area (Å²) in [5.41, 5.74) is 6.81. The quantitative estimate of drug-likeness (QED) is 0.277. The summed E-state index contributed by atoms with van der Waals surface area (Å²) in [5.74, 6) is -0.489. The van der Waals surface area contributed by atoms with Crippen molar-refractivity contribution in [3.8, 4) is 0 Å². The number of anilines is 2. The van der Waals surface area contributed by atoms with Gasteiger partial charge in [-0.3, -0.25) is 10.1 Å². The normalized spacial score (nSPS) is 10.9. The van der Waals surface area contributed by atoms with Crippen LogP contribution in [0.4, 0.5) is 17.1 Å². The second-order valence-electron chi connectivity index (χ2n) is 3.73. The maximum Gasteiger partial charge on any atom is 0.332 e. The lowest BCUT2D eigenvalue weighted by atomic mass is 10.2. The predicted molar refractivity (Wildman–Crippen MR) is 71.5 cm³/mol. The summed E-state index contributed by atoms with van der Waals surface area (Å²) >= 11 is 0. The molecule has 0 saturated heterocycles. The van der Waals surface area contributed by atoms with Crippen LogP contribution in [0.15, 0.2) is 30.0 Å². The molecule has 1 rings (SSSR count). The average Bonchev–Trinajstić information content (AvgIpc) is 2.31. The molecule has 0 aromatic heterocycles. The van der Waals surface area contributed by atoms with Crippen molar-refractivity contribution in [2.24, 2.45) is 0 Å². The van der Waals surface area contributed by atoms with Gasteiger partial charge in [0.05, 0.1) is 22.9 Å². The zero-order valence-electron chi connectivity index (χ0n) is 10.7. The molecule has 1 aromatic carbocycles. The maximum atomic E-state index is 11.2. The van der Waals surface area contributed by atoms with Gasteiger partial charge in [-0.2, -0.15) is 0 Å². The summed E-state index contributed by atoms with van der Waals surface area (Å²) in [6.45, 7) is 3.61. The van der Waals surface area contributed by atoms with Gasteiger partial charge in [0.1, 0.15) is 0 Å². The Morgan fingerprint density at radius 1 is 1.58 bits per heavy atom. The number of hydrogen-bond acceptors (Lipinski definition) is 6. The summed E-state index contributed by atoms with van der Waals surface area (Å²) < 4.78 is 4.75. The van der Waals surface area contributed by atoms with E-state index in [1.807, 2.05) is 0 Å². The van der Waals surface area contributed by atoms with Crippen LogP contribution in [0.1, 0.15) is 13.8 Å². The van der Waals surface area contributed by atoms with E-state index in [4.69, 9.17) is 10.5 Å². The molecule has 0 amide bonds. The van der Waals surface area contributed by atoms with Gasteiger partial charge in [0.2, 0.25) is 0 Å². The fourth-order valence-corrected chi connectivity index (χ4v) is 1.38. The summed E-state index contributed by atoms with van der Waals surface area (Å²) in [6, 6.07) is 4.04. The summed E-state index contributed by atoms with van der Waals surface area (Å²) in [7, 11) is 0. The van der Waals surface area contributed by atoms with Crippen molar-refractivity contribution in [1.82, 2.24) is 0 Å². The molecule has 0 fully saturated rings. The first-order valence-electron chi connectivity index (χ1n) is 5.60. The van der Waals surface area contributed by atoms with Crippen molar-refractivity contribution >= 4 is 23.0 Å². The fourth-order valence-electron chi connectivity index (χ4n) is 1.38. The molecule has 19 heavy (non-hydrogen) atoms. The Morgan fingerprint density at radius 3 is 2.84 bits per heavy atom. The minimum atomic E-state index is -0.519. The summed E-state index contributed by atoms with van der Waals surface area (Å²) in [5, 5.41) is 13.5. The molecule has 0 aliphatic carbocycles. The van der Waals surface area contributed by atoms with E-state index in [0.717, 1.165) is 0 Å². The first kappa shape index (κ1) is 14.5. The third-order valence-electron chi connectivity index (χ3n) is 2.20. The van der Waals surface area contributed by atoms with Crippen LogP contribution in [0.5, 0.6) is 0 Å². The van der Waals surface area contributed by atoms with Crippen LogP contribution in [0.25, 0.3) is 0 Å². The van der Waals surface area contributed by atoms with Crippen LogP contribution in [0, 0.1) is 10.1 Å². The molecule has 0 spiro atoms. The van der Waals surface area contributed by atoms with E-state index in [0.29, 0.717) is 17.1 Å². The van der Waals surface area contributed by atoms with Gasteiger partial charge < -0.3 is 15.8 Å². The Labute approximate surface area is 110 Å². The maximum absolute atomic E-state index is 11.2. The Hall–Kier alpha value is -2.57. The molecule has 0 unspecified atom stereocenters. The van der Waals surface area contributed by atoms with Gasteiger partial charge in [-0.25, -0.2) is 4.79 Å². The van der Waals surface area contributed by atoms with Crippen LogP contribution in [0.3, 0.4) is 0 Å². The predicted octanol–water partition coefficient (Wildman–Crippen LogP) is 2.06. The largest absolute Gasteiger partial charge is 0.463 e. The third kappa shape index (κ3) is 4.30. The van der Waals surface area contributed by atoms with Crippen molar-refractivity contribution in [2.45, 2.75) is 13.8 Å². The lowest BCUT2D eigenvalue weighted by molar-refractivity contribution is -0.384. The average molecular weight is 265 g/mol. The number of esters is 1. The minimum absolute atomic E-state index is 0.0827. The number of allylic oxidation sites excluding steroid dienone is 1. The molecule has 7 heteroatoms. The molecule has 7 nitrogen and oxygen atoms in total. The highest BCUT2D eigenvalue weighted by molar-refractivity contribution is 5.84. The molecule has 1 aromatic rings. The van der Waals surface area contributed by atoms with Crippen LogP contribution in [-0.2, 0) is 9.53 Å². The number of nitro benzene ring substituents is 1. The second kappa shape index (κ2) is 6.39. The van der Waals surface area contributed by atoms with Gasteiger partial charge >= 0.3 is 5.97 Å². The smallest absolute Gasteiger partial charge is 0.332 e. The Kier molecular flexibility index (Phi) is 4.87. The first-order valence-corrected chi connectivity index (χ1v) is 5.60. The second-order valence-corrected chi connectivity index (χ2v) is 3.73. The number of nitrogens with two attached hydrogens (primary N) is 1. The van der Waals surface area contributed by atoms with Crippen molar-refractivity contribution in [3.63, 3.8) is 0 Å². The van der Waals surface area contributed by atoms with Crippen LogP contribution in [-0.4, -0.2) is 17.5 Å². The van der Waals surface area contributed by atoms with E-state index < -0.39 is 10.9 Å². The van der Waals surface area contributed by atoms with E-state index in [1.165, 1.54) is 24.3 Å². The molecule has 0 radical (unpaired) electrons. The third-order valence-corrected chi connectivity index (χ3v) is 2.20. The molecule has 0 heterocycles. The molecular formula is C12H15N3O4. The van der Waals surface area contributed by atoms with Gasteiger partial charge in [0, 0.05) is 23.9 Å². The Bertz CT molecular complexity index is 526. The summed E-state index contributed by atoms with van der Waals surface area (Å²) in [4.78, 5) is 21.4. The molecule has 0 bridgehead atoms. The Morgan fingerprint density at radius 2 is 2.26 bits per heavy atom. The minimum Gasteiger partial charge on any atom is -0.463 e. The first-order chi connectivity index (χ1) is 8.93. The molecule has 0 aliphatic rings. The van der Waals surface area contributed by atoms with E-state index in [2.05, 4.69) is 5.32 Å². The number of hydrogen-bond donors (Lipinski definition) is 2. The number of nitrogen functional groups attached to an aromatic ring is 1. The number of benzene rings is 1. The van der Waals surface area contributed by atoms with E-state index in [1.54, 1.807) is 13.8 Å². The number of rotatable bonds is 5. The molecule has 0 saturated carbocycles. The van der Waals surface area contributed by atoms with Gasteiger partial charge in [-0.1, -0.05) is 0 Å². The molecule has 0 aliphatic heterocycles. The lowest BCUT2D eigenvalue weighted by Gasteiger charge is -2.09. The van der Waals surface area contributed by atoms with Crippen molar-refractivity contribution in [3.05, 3.63) is 40.1 Å². The number of ether oxygens (including phenoxy) is 1. The number of nitrogens with zero attached hydrogens (tertiary/aromatic N) is 1. The number of nitro groups is 1. The van der Waals surface area contributed by atoms with Crippen LogP contribution in [0.2, 0.25) is 0 Å². The van der Waals surface area contributed by atoms with Gasteiger partial charge in [0.15, 0.2) is 0 Å². The standard InChI is InChI=1S/C12H15N3O4/c1-3-19-12(16)6-8(2)14-11-7-9(15(17)18)4-5-10(11)13/h4-7,14H,3,13H2,1-2H3/b8-6+. The van der Waals surface area contributed by atoms with Gasteiger partial charge in [-0.05, 0) is 19.9 Å². The zero-order chi connectivity index (χ0) is 14.4. The number of nitrogens with one attached hydrogen (secondary N) is 1. The molecular weight excluding hydrogens is 250 g/mol. The SMILES string of the molecule is CCOC(=O)/C=C(\C)Nc1cc([N+](=O)[O-])ccc1N. The molecule has 3 N–H and O–H groups in total.